The van der Waals surface area contributed by atoms with E-state index < -0.39 is 0 Å². The predicted octanol–water partition coefficient (Wildman–Crippen LogP) is 1.75. The van der Waals surface area contributed by atoms with E-state index in [9.17, 15) is 4.79 Å². The average molecular weight is 216 g/mol. The summed E-state index contributed by atoms with van der Waals surface area (Å²) >= 11 is 0. The van der Waals surface area contributed by atoms with Crippen molar-refractivity contribution in [2.24, 2.45) is 5.92 Å². The molecule has 0 spiro atoms. The van der Waals surface area contributed by atoms with Gasteiger partial charge in [-0.15, -0.1) is 0 Å². The van der Waals surface area contributed by atoms with Crippen LogP contribution in [0.5, 0.6) is 0 Å². The molecule has 4 nitrogen and oxygen atoms in total. The first kappa shape index (κ1) is 14.1. The summed E-state index contributed by atoms with van der Waals surface area (Å²) in [4.78, 5) is 11.0. The third-order valence-electron chi connectivity index (χ3n) is 1.74. The maximum Gasteiger partial charge on any atom is 0.330 e. The van der Waals surface area contributed by atoms with Crippen molar-refractivity contribution in [1.82, 2.24) is 0 Å². The van der Waals surface area contributed by atoms with Gasteiger partial charge < -0.3 is 14.2 Å². The summed E-state index contributed by atoms with van der Waals surface area (Å²) in [7, 11) is 1.56. The molecule has 15 heavy (non-hydrogen) atoms. The smallest absolute Gasteiger partial charge is 0.330 e. The fraction of sp³-hybridized carbons (Fsp3) is 0.727. The van der Waals surface area contributed by atoms with E-state index in [0.29, 0.717) is 6.61 Å². The van der Waals surface area contributed by atoms with Crippen molar-refractivity contribution < 1.29 is 19.0 Å². The summed E-state index contributed by atoms with van der Waals surface area (Å²) in [6, 6.07) is 0. The van der Waals surface area contributed by atoms with Crippen molar-refractivity contribution in [2.45, 2.75) is 26.9 Å². The van der Waals surface area contributed by atoms with Gasteiger partial charge in [0.2, 0.25) is 0 Å². The molecule has 0 radical (unpaired) electrons. The Labute approximate surface area is 91.2 Å². The Hall–Kier alpha value is -0.870. The molecule has 0 N–H and O–H groups in total. The number of carbonyl (C=O) groups excluding carboxylic acids is 1. The van der Waals surface area contributed by atoms with Gasteiger partial charge in [0.05, 0.1) is 12.7 Å². The highest BCUT2D eigenvalue weighted by molar-refractivity contribution is 5.81. The Balaban J connectivity index is 4.08. The molecule has 0 aliphatic rings. The number of carbonyl (C=O) groups is 1. The van der Waals surface area contributed by atoms with Gasteiger partial charge in [0.15, 0.2) is 0 Å². The van der Waals surface area contributed by atoms with Crippen molar-refractivity contribution in [2.75, 3.05) is 20.5 Å². The molecule has 0 aromatic rings. The van der Waals surface area contributed by atoms with Crippen molar-refractivity contribution >= 4 is 5.97 Å². The van der Waals surface area contributed by atoms with Crippen LogP contribution in [0.1, 0.15) is 20.8 Å². The molecule has 1 atom stereocenters. The number of methoxy groups -OCH3 is 1. The Morgan fingerprint density at radius 3 is 2.53 bits per heavy atom. The van der Waals surface area contributed by atoms with Gasteiger partial charge in [0.1, 0.15) is 6.79 Å². The molecule has 0 bridgehead atoms. The van der Waals surface area contributed by atoms with Crippen LogP contribution in [-0.4, -0.2) is 32.6 Å². The van der Waals surface area contributed by atoms with Crippen LogP contribution in [0.15, 0.2) is 12.2 Å². The zero-order chi connectivity index (χ0) is 11.7. The molecule has 0 aliphatic heterocycles. The van der Waals surface area contributed by atoms with E-state index in [0.717, 1.165) is 0 Å². The highest BCUT2D eigenvalue weighted by Crippen LogP contribution is 2.08. The zero-order valence-electron chi connectivity index (χ0n) is 9.86. The second-order valence-corrected chi connectivity index (χ2v) is 3.39. The average Bonchev–Trinajstić information content (AvgIpc) is 2.17. The summed E-state index contributed by atoms with van der Waals surface area (Å²) in [5.41, 5.74) is 0. The second kappa shape index (κ2) is 8.44. The molecule has 0 aliphatic carbocycles. The highest BCUT2D eigenvalue weighted by Gasteiger charge is 2.10. The normalized spacial score (nSPS) is 13.4. The largest absolute Gasteiger partial charge is 0.463 e. The summed E-state index contributed by atoms with van der Waals surface area (Å²) in [5, 5.41) is 0. The molecule has 0 unspecified atom stereocenters. The lowest BCUT2D eigenvalue weighted by atomic mass is 10.1. The molecule has 88 valence electrons. The van der Waals surface area contributed by atoms with Crippen molar-refractivity contribution in [3.8, 4) is 0 Å². The molecule has 0 aromatic carbocycles. The van der Waals surface area contributed by atoms with Crippen molar-refractivity contribution in [3.63, 3.8) is 0 Å². The standard InChI is InChI=1S/C11H20O4/c1-5-14-11(12)7-6-10(9(2)3)15-8-13-4/h6-7,9-10H,5,8H2,1-4H3/b7-6+/t10-/m1/s1. The van der Waals surface area contributed by atoms with E-state index in [1.807, 2.05) is 13.8 Å². The number of esters is 1. The van der Waals surface area contributed by atoms with Gasteiger partial charge in [0, 0.05) is 13.2 Å². The first-order valence-corrected chi connectivity index (χ1v) is 5.07. The molecular formula is C11H20O4. The molecule has 0 heterocycles. The van der Waals surface area contributed by atoms with Gasteiger partial charge >= 0.3 is 5.97 Å². The van der Waals surface area contributed by atoms with Crippen LogP contribution in [-0.2, 0) is 19.0 Å². The van der Waals surface area contributed by atoms with Crippen LogP contribution in [0, 0.1) is 5.92 Å². The number of hydrogen-bond donors (Lipinski definition) is 0. The van der Waals surface area contributed by atoms with E-state index in [1.54, 1.807) is 20.1 Å². The fourth-order valence-electron chi connectivity index (χ4n) is 0.981. The Bertz CT molecular complexity index is 199. The highest BCUT2D eigenvalue weighted by atomic mass is 16.7. The molecule has 0 aromatic heterocycles. The minimum absolute atomic E-state index is 0.130. The van der Waals surface area contributed by atoms with Crippen LogP contribution in [0.4, 0.5) is 0 Å². The lowest BCUT2D eigenvalue weighted by Crippen LogP contribution is -2.19. The van der Waals surface area contributed by atoms with Crippen LogP contribution >= 0.6 is 0 Å². The van der Waals surface area contributed by atoms with Crippen molar-refractivity contribution in [1.29, 1.82) is 0 Å². The number of ether oxygens (including phenoxy) is 3. The van der Waals surface area contributed by atoms with E-state index in [4.69, 9.17) is 14.2 Å². The van der Waals surface area contributed by atoms with Gasteiger partial charge in [-0.1, -0.05) is 13.8 Å². The van der Waals surface area contributed by atoms with Gasteiger partial charge in [-0.2, -0.15) is 0 Å². The first-order valence-electron chi connectivity index (χ1n) is 5.07. The molecule has 0 saturated heterocycles. The van der Waals surface area contributed by atoms with Gasteiger partial charge in [-0.25, -0.2) is 4.79 Å². The van der Waals surface area contributed by atoms with Crippen LogP contribution in [0.2, 0.25) is 0 Å². The Kier molecular flexibility index (Phi) is 7.95. The quantitative estimate of drug-likeness (QED) is 0.369. The second-order valence-electron chi connectivity index (χ2n) is 3.39. The topological polar surface area (TPSA) is 44.8 Å². The molecule has 0 saturated carbocycles. The summed E-state index contributed by atoms with van der Waals surface area (Å²) in [6.07, 6.45) is 2.96. The third kappa shape index (κ3) is 7.11. The Morgan fingerprint density at radius 1 is 1.40 bits per heavy atom. The Morgan fingerprint density at radius 2 is 2.07 bits per heavy atom. The van der Waals surface area contributed by atoms with Crippen LogP contribution in [0.25, 0.3) is 0 Å². The van der Waals surface area contributed by atoms with E-state index in [2.05, 4.69) is 0 Å². The summed E-state index contributed by atoms with van der Waals surface area (Å²) in [5.74, 6) is -0.0602. The van der Waals surface area contributed by atoms with Gasteiger partial charge in [0.25, 0.3) is 0 Å². The predicted molar refractivity (Wildman–Crippen MR) is 57.4 cm³/mol. The van der Waals surface area contributed by atoms with Crippen LogP contribution < -0.4 is 0 Å². The summed E-state index contributed by atoms with van der Waals surface area (Å²) < 4.78 is 14.9. The minimum atomic E-state index is -0.343. The first-order chi connectivity index (χ1) is 7.11. The molecule has 0 rings (SSSR count). The number of rotatable bonds is 7. The molecular weight excluding hydrogens is 196 g/mol. The monoisotopic (exact) mass is 216 g/mol. The lowest BCUT2D eigenvalue weighted by Gasteiger charge is -2.16. The van der Waals surface area contributed by atoms with Gasteiger partial charge in [-0.3, -0.25) is 0 Å². The van der Waals surface area contributed by atoms with Gasteiger partial charge in [-0.05, 0) is 18.9 Å². The third-order valence-corrected chi connectivity index (χ3v) is 1.74. The fourth-order valence-corrected chi connectivity index (χ4v) is 0.981. The SMILES string of the molecule is CCOC(=O)/C=C/[C@@H](OCOC)C(C)C. The minimum Gasteiger partial charge on any atom is -0.463 e. The summed E-state index contributed by atoms with van der Waals surface area (Å²) in [6.45, 7) is 6.39. The molecule has 0 fully saturated rings. The number of hydrogen-bond acceptors (Lipinski definition) is 4. The van der Waals surface area contributed by atoms with Crippen molar-refractivity contribution in [3.05, 3.63) is 12.2 Å². The van der Waals surface area contributed by atoms with Crippen LogP contribution in [0.3, 0.4) is 0 Å². The zero-order valence-corrected chi connectivity index (χ0v) is 9.86. The van der Waals surface area contributed by atoms with E-state index in [1.165, 1.54) is 6.08 Å². The maximum atomic E-state index is 11.0. The van der Waals surface area contributed by atoms with E-state index >= 15 is 0 Å². The van der Waals surface area contributed by atoms with E-state index in [-0.39, 0.29) is 24.8 Å². The molecule has 4 heteroatoms. The molecule has 0 amide bonds. The lowest BCUT2D eigenvalue weighted by molar-refractivity contribution is -0.137. The maximum absolute atomic E-state index is 11.0.